The van der Waals surface area contributed by atoms with Gasteiger partial charge in [-0.05, 0) is 77.3 Å². The second-order valence-electron chi connectivity index (χ2n) is 20.0. The molecule has 2 bridgehead atoms. The van der Waals surface area contributed by atoms with E-state index in [0.717, 1.165) is 13.8 Å². The lowest BCUT2D eigenvalue weighted by Crippen LogP contribution is -2.85. The van der Waals surface area contributed by atoms with Crippen molar-refractivity contribution in [2.24, 2.45) is 16.7 Å². The molecule has 12 atom stereocenters. The van der Waals surface area contributed by atoms with E-state index in [1.807, 2.05) is 0 Å². The summed E-state index contributed by atoms with van der Waals surface area (Å²) < 4.78 is 42.6. The summed E-state index contributed by atoms with van der Waals surface area (Å²) in [6, 6.07) is 15.3. The maximum absolute atomic E-state index is 15.6. The van der Waals surface area contributed by atoms with Crippen LogP contribution in [0.25, 0.3) is 0 Å². The number of ether oxygens (including phenoxy) is 7. The van der Waals surface area contributed by atoms with Crippen molar-refractivity contribution < 1.29 is 77.2 Å². The monoisotopic (exact) mass is 905 g/mol. The molecule has 0 aromatic heterocycles. The summed E-state index contributed by atoms with van der Waals surface area (Å²) in [6.45, 7) is 15.9. The van der Waals surface area contributed by atoms with Crippen LogP contribution >= 0.6 is 0 Å². The molecule has 65 heavy (non-hydrogen) atoms. The molecule has 2 saturated carbocycles. The molecule has 3 N–H and O–H groups in total. The van der Waals surface area contributed by atoms with Gasteiger partial charge in [-0.3, -0.25) is 19.3 Å². The summed E-state index contributed by atoms with van der Waals surface area (Å²) in [5.41, 5.74) is -10.2. The molecule has 17 heteroatoms. The molecule has 2 unspecified atom stereocenters. The average Bonchev–Trinajstić information content (AvgIpc) is 3.50. The Balaban J connectivity index is 1.43. The first-order valence-corrected chi connectivity index (χ1v) is 21.7. The number of fused-ring (bicyclic) bond motifs is 5. The molecule has 4 fully saturated rings. The Morgan fingerprint density at radius 3 is 1.98 bits per heavy atom. The van der Waals surface area contributed by atoms with Crippen molar-refractivity contribution in [1.82, 2.24) is 4.90 Å². The highest BCUT2D eigenvalue weighted by atomic mass is 16.6. The first kappa shape index (κ1) is 47.8. The second kappa shape index (κ2) is 16.3. The Bertz CT molecular complexity index is 2290. The fourth-order valence-corrected chi connectivity index (χ4v) is 11.0. The van der Waals surface area contributed by atoms with Crippen molar-refractivity contribution in [2.75, 3.05) is 6.61 Å². The van der Waals surface area contributed by atoms with Crippen LogP contribution in [-0.2, 0) is 52.3 Å². The fourth-order valence-electron chi connectivity index (χ4n) is 11.0. The van der Waals surface area contributed by atoms with E-state index in [-0.39, 0.29) is 16.7 Å². The van der Waals surface area contributed by atoms with E-state index in [0.29, 0.717) is 5.56 Å². The van der Waals surface area contributed by atoms with E-state index < -0.39 is 137 Å². The number of aliphatic hydroxyl groups excluding tert-OH is 2. The van der Waals surface area contributed by atoms with Gasteiger partial charge in [0.1, 0.15) is 47.4 Å². The molecule has 352 valence electrons. The van der Waals surface area contributed by atoms with Gasteiger partial charge in [-0.25, -0.2) is 14.4 Å². The zero-order valence-corrected chi connectivity index (χ0v) is 38.5. The van der Waals surface area contributed by atoms with E-state index in [1.54, 1.807) is 97.0 Å². The van der Waals surface area contributed by atoms with Gasteiger partial charge in [0.05, 0.1) is 29.6 Å². The summed E-state index contributed by atoms with van der Waals surface area (Å²) in [4.78, 5) is 86.4. The Hall–Kier alpha value is -5.20. The molecule has 5 aliphatic rings. The number of nitrogens with zero attached hydrogens (tertiary/aromatic N) is 1. The topological polar surface area (TPSA) is 231 Å². The number of Topliss-reactive ketones (excluding diaryl/α,β-unsaturated/α-hetero) is 1. The van der Waals surface area contributed by atoms with Crippen LogP contribution in [-0.4, -0.2) is 128 Å². The van der Waals surface area contributed by atoms with Crippen molar-refractivity contribution in [1.29, 1.82) is 0 Å². The standard InChI is InChI=1S/C48H59NO16/c1-24-29(61-41(56)34-31(27-18-14-12-15-19-27)49(45(9,10)64-34)42(57)65-43(4,5)6)22-48(58)39(62-40(55)28-20-16-13-17-21-28)35-46(11,37(54)33(60-25(2)50)30(24)44(48,7)8)36(53)32(52)38-47(35,23-59-38)63-26(3)51/h12-21,29,31-36,38-39,52-53,58H,22-23H2,1-11H3/t29-,31-,32-,33+,34+,35?,36-,38+,39?,46-,47+,48+/m0/s1. The van der Waals surface area contributed by atoms with Gasteiger partial charge < -0.3 is 48.5 Å². The predicted octanol–water partition coefficient (Wildman–Crippen LogP) is 4.29. The number of carbonyl (C=O) groups is 6. The quantitative estimate of drug-likeness (QED) is 0.200. The van der Waals surface area contributed by atoms with Gasteiger partial charge in [0.15, 0.2) is 23.6 Å². The van der Waals surface area contributed by atoms with E-state index in [2.05, 4.69) is 0 Å². The molecule has 0 spiro atoms. The highest BCUT2D eigenvalue weighted by Crippen LogP contribution is 2.64. The normalized spacial score (nSPS) is 35.8. The maximum Gasteiger partial charge on any atom is 0.413 e. The highest BCUT2D eigenvalue weighted by Gasteiger charge is 2.80. The summed E-state index contributed by atoms with van der Waals surface area (Å²) in [6.07, 6.45) is -13.5. The second-order valence-corrected chi connectivity index (χ2v) is 20.0. The zero-order valence-electron chi connectivity index (χ0n) is 38.5. The van der Waals surface area contributed by atoms with Gasteiger partial charge in [-0.15, -0.1) is 0 Å². The van der Waals surface area contributed by atoms with E-state index in [1.165, 1.54) is 30.9 Å². The number of rotatable bonds is 7. The SMILES string of the molecule is CC(=O)O[C@H]1C(=O)[C@@]2(C)C(C(OC(=O)c3ccccc3)[C@]3(O)C[C@H](OC(=O)[C@@H]4OC(C)(C)N(C(=O)OC(C)(C)C)[C@H]4c4ccccc4)C(C)=C1C3(C)C)[C@]1(OC(C)=O)CO[C@@H]1[C@@H](O)[C@@H]2O. The minimum atomic E-state index is -2.45. The lowest BCUT2D eigenvalue weighted by Gasteiger charge is -2.68. The van der Waals surface area contributed by atoms with Crippen molar-refractivity contribution in [3.05, 3.63) is 82.9 Å². The zero-order chi connectivity index (χ0) is 48.0. The average molecular weight is 906 g/mol. The van der Waals surface area contributed by atoms with E-state index >= 15 is 4.79 Å². The molecular formula is C48H59NO16. The molecule has 2 aliphatic heterocycles. The van der Waals surface area contributed by atoms with Crippen LogP contribution in [0.15, 0.2) is 71.8 Å². The number of ketones is 1. The number of esters is 4. The van der Waals surface area contributed by atoms with Gasteiger partial charge in [0.2, 0.25) is 0 Å². The summed E-state index contributed by atoms with van der Waals surface area (Å²) in [7, 11) is 0. The smallest absolute Gasteiger partial charge is 0.413 e. The Kier molecular flexibility index (Phi) is 12.0. The van der Waals surface area contributed by atoms with E-state index in [9.17, 15) is 39.3 Å². The van der Waals surface area contributed by atoms with Crippen LogP contribution in [0.3, 0.4) is 0 Å². The Morgan fingerprint density at radius 2 is 1.45 bits per heavy atom. The molecular weight excluding hydrogens is 847 g/mol. The summed E-state index contributed by atoms with van der Waals surface area (Å²) in [5.74, 6) is -6.48. The minimum Gasteiger partial charge on any atom is -0.456 e. The number of amides is 1. The van der Waals surface area contributed by atoms with Crippen molar-refractivity contribution in [2.45, 2.75) is 154 Å². The molecule has 1 amide bonds. The molecule has 2 saturated heterocycles. The number of benzene rings is 2. The molecule has 17 nitrogen and oxygen atoms in total. The molecule has 2 aromatic carbocycles. The maximum atomic E-state index is 15.6. The fraction of sp³-hybridized carbons (Fsp3) is 0.583. The van der Waals surface area contributed by atoms with Crippen LogP contribution in [0, 0.1) is 16.7 Å². The molecule has 2 aromatic rings. The molecule has 2 heterocycles. The lowest BCUT2D eigenvalue weighted by atomic mass is 9.44. The highest BCUT2D eigenvalue weighted by molar-refractivity contribution is 5.96. The molecule has 0 radical (unpaired) electrons. The predicted molar refractivity (Wildman–Crippen MR) is 226 cm³/mol. The van der Waals surface area contributed by atoms with E-state index in [4.69, 9.17) is 33.2 Å². The van der Waals surface area contributed by atoms with Crippen LogP contribution in [0.4, 0.5) is 4.79 Å². The number of hydrogen-bond donors (Lipinski definition) is 3. The Morgan fingerprint density at radius 1 is 0.846 bits per heavy atom. The van der Waals surface area contributed by atoms with Crippen molar-refractivity contribution >= 4 is 35.8 Å². The summed E-state index contributed by atoms with van der Waals surface area (Å²) >= 11 is 0. The Labute approximate surface area is 377 Å². The largest absolute Gasteiger partial charge is 0.456 e. The first-order chi connectivity index (χ1) is 30.1. The van der Waals surface area contributed by atoms with Gasteiger partial charge in [0.25, 0.3) is 0 Å². The van der Waals surface area contributed by atoms with Gasteiger partial charge in [-0.1, -0.05) is 62.4 Å². The lowest BCUT2D eigenvalue weighted by molar-refractivity contribution is -0.369. The third-order valence-corrected chi connectivity index (χ3v) is 14.0. The van der Waals surface area contributed by atoms with Gasteiger partial charge >= 0.3 is 30.0 Å². The first-order valence-electron chi connectivity index (χ1n) is 21.7. The molecule has 3 aliphatic carbocycles. The van der Waals surface area contributed by atoms with Crippen LogP contribution in [0.5, 0.6) is 0 Å². The van der Waals surface area contributed by atoms with Crippen LogP contribution in [0.1, 0.15) is 105 Å². The van der Waals surface area contributed by atoms with Crippen molar-refractivity contribution in [3.8, 4) is 0 Å². The molecule has 7 rings (SSSR count). The van der Waals surface area contributed by atoms with Crippen LogP contribution in [0.2, 0.25) is 0 Å². The van der Waals surface area contributed by atoms with Gasteiger partial charge in [0, 0.05) is 25.7 Å². The van der Waals surface area contributed by atoms with Crippen molar-refractivity contribution in [3.63, 3.8) is 0 Å². The number of aliphatic hydroxyl groups is 3. The third-order valence-electron chi connectivity index (χ3n) is 14.0. The van der Waals surface area contributed by atoms with Crippen LogP contribution < -0.4 is 0 Å². The number of carbonyl (C=O) groups excluding carboxylic acids is 6. The number of hydrogen-bond acceptors (Lipinski definition) is 16. The minimum absolute atomic E-state index is 0.0364. The third kappa shape index (κ3) is 7.62. The summed E-state index contributed by atoms with van der Waals surface area (Å²) in [5, 5.41) is 37.6. The van der Waals surface area contributed by atoms with Gasteiger partial charge in [-0.2, -0.15) is 0 Å².